The molecule has 80 valence electrons. The molecule has 0 spiro atoms. The molecule has 0 atom stereocenters. The summed E-state index contributed by atoms with van der Waals surface area (Å²) in [6, 6.07) is 0. The summed E-state index contributed by atoms with van der Waals surface area (Å²) < 4.78 is 0. The number of carbonyl (C=O) groups is 1. The smallest absolute Gasteiger partial charge is 0.303 e. The standard InChI is InChI=1S/C11H17ClO2/c1-2-6-10(9-12)7-4-3-5-8-11(13)14/h3-4,9H,2,5-8H2,1H3,(H,13,14)/b4-3+,10-9+. The third kappa shape index (κ3) is 7.87. The fourth-order valence-corrected chi connectivity index (χ4v) is 1.28. The molecule has 3 heteroatoms. The number of hydrogen-bond donors (Lipinski definition) is 1. The lowest BCUT2D eigenvalue weighted by molar-refractivity contribution is -0.136. The molecule has 0 bridgehead atoms. The van der Waals surface area contributed by atoms with Gasteiger partial charge in [-0.15, -0.1) is 0 Å². The van der Waals surface area contributed by atoms with E-state index in [4.69, 9.17) is 16.7 Å². The molecule has 14 heavy (non-hydrogen) atoms. The molecule has 0 aliphatic heterocycles. The van der Waals surface area contributed by atoms with Crippen LogP contribution in [-0.2, 0) is 4.79 Å². The summed E-state index contributed by atoms with van der Waals surface area (Å²) in [5, 5.41) is 8.39. The second kappa shape index (κ2) is 8.82. The van der Waals surface area contributed by atoms with Gasteiger partial charge in [-0.05, 0) is 19.3 Å². The molecular formula is C11H17ClO2. The van der Waals surface area contributed by atoms with E-state index in [2.05, 4.69) is 6.92 Å². The van der Waals surface area contributed by atoms with Crippen LogP contribution in [0.5, 0.6) is 0 Å². The second-order valence-corrected chi connectivity index (χ2v) is 3.34. The van der Waals surface area contributed by atoms with Crippen LogP contribution in [0.4, 0.5) is 0 Å². The van der Waals surface area contributed by atoms with Crippen molar-refractivity contribution in [1.82, 2.24) is 0 Å². The molecule has 0 saturated carbocycles. The molecule has 0 aromatic rings. The van der Waals surface area contributed by atoms with E-state index in [0.29, 0.717) is 6.42 Å². The van der Waals surface area contributed by atoms with Crippen LogP contribution in [0, 0.1) is 0 Å². The number of aliphatic carboxylic acids is 1. The molecular weight excluding hydrogens is 200 g/mol. The lowest BCUT2D eigenvalue weighted by Gasteiger charge is -1.98. The van der Waals surface area contributed by atoms with Gasteiger partial charge in [-0.25, -0.2) is 0 Å². The molecule has 0 aromatic heterocycles. The van der Waals surface area contributed by atoms with Crippen molar-refractivity contribution in [3.05, 3.63) is 23.3 Å². The predicted octanol–water partition coefficient (Wildman–Crippen LogP) is 3.72. The number of allylic oxidation sites excluding steroid dienone is 3. The number of carboxylic acid groups (broad SMARTS) is 1. The topological polar surface area (TPSA) is 37.3 Å². The van der Waals surface area contributed by atoms with Gasteiger partial charge >= 0.3 is 5.97 Å². The zero-order chi connectivity index (χ0) is 10.8. The molecule has 0 unspecified atom stereocenters. The molecule has 0 saturated heterocycles. The van der Waals surface area contributed by atoms with Crippen LogP contribution in [0.2, 0.25) is 0 Å². The summed E-state index contributed by atoms with van der Waals surface area (Å²) >= 11 is 5.62. The highest BCUT2D eigenvalue weighted by molar-refractivity contribution is 6.25. The van der Waals surface area contributed by atoms with Gasteiger partial charge in [-0.3, -0.25) is 4.79 Å². The van der Waals surface area contributed by atoms with Crippen molar-refractivity contribution in [3.63, 3.8) is 0 Å². The monoisotopic (exact) mass is 216 g/mol. The van der Waals surface area contributed by atoms with Gasteiger partial charge < -0.3 is 5.11 Å². The maximum Gasteiger partial charge on any atom is 0.303 e. The van der Waals surface area contributed by atoms with Crippen molar-refractivity contribution < 1.29 is 9.90 Å². The molecule has 2 nitrogen and oxygen atoms in total. The van der Waals surface area contributed by atoms with Crippen LogP contribution in [0.15, 0.2) is 23.3 Å². The molecule has 0 aliphatic carbocycles. The fourth-order valence-electron chi connectivity index (χ4n) is 1.08. The molecule has 0 aliphatic rings. The minimum absolute atomic E-state index is 0.199. The van der Waals surface area contributed by atoms with E-state index in [1.54, 1.807) is 5.54 Å². The van der Waals surface area contributed by atoms with Crippen LogP contribution in [0.3, 0.4) is 0 Å². The van der Waals surface area contributed by atoms with Crippen molar-refractivity contribution >= 4 is 17.6 Å². The Balaban J connectivity index is 3.63. The highest BCUT2D eigenvalue weighted by Gasteiger charge is 1.93. The SMILES string of the molecule is CCC/C(=C\Cl)C/C=C/CCC(=O)O. The van der Waals surface area contributed by atoms with Gasteiger partial charge in [0.15, 0.2) is 0 Å². The van der Waals surface area contributed by atoms with E-state index >= 15 is 0 Å². The van der Waals surface area contributed by atoms with E-state index < -0.39 is 5.97 Å². The molecule has 0 rings (SSSR count). The van der Waals surface area contributed by atoms with Gasteiger partial charge in [0.05, 0.1) is 0 Å². The number of rotatable bonds is 7. The summed E-state index contributed by atoms with van der Waals surface area (Å²) in [6.45, 7) is 2.11. The maximum atomic E-state index is 10.2. The van der Waals surface area contributed by atoms with Crippen LogP contribution in [0.25, 0.3) is 0 Å². The third-order valence-electron chi connectivity index (χ3n) is 1.80. The minimum Gasteiger partial charge on any atom is -0.481 e. The Bertz CT molecular complexity index is 219. The third-order valence-corrected chi connectivity index (χ3v) is 2.11. The van der Waals surface area contributed by atoms with E-state index in [9.17, 15) is 4.79 Å². The first-order chi connectivity index (χ1) is 6.70. The quantitative estimate of drug-likeness (QED) is 0.659. The van der Waals surface area contributed by atoms with E-state index in [-0.39, 0.29) is 6.42 Å². The molecule has 0 aromatic carbocycles. The van der Waals surface area contributed by atoms with Crippen molar-refractivity contribution in [2.75, 3.05) is 0 Å². The lowest BCUT2D eigenvalue weighted by atomic mass is 10.1. The van der Waals surface area contributed by atoms with E-state index in [0.717, 1.165) is 19.3 Å². The first-order valence-corrected chi connectivity index (χ1v) is 5.29. The number of carboxylic acids is 1. The zero-order valence-electron chi connectivity index (χ0n) is 8.50. The molecule has 1 N–H and O–H groups in total. The summed E-state index contributed by atoms with van der Waals surface area (Å²) in [5.41, 5.74) is 2.81. The Kier molecular flexibility index (Phi) is 8.34. The predicted molar refractivity (Wildman–Crippen MR) is 59.5 cm³/mol. The van der Waals surface area contributed by atoms with Crippen molar-refractivity contribution in [3.8, 4) is 0 Å². The Hall–Kier alpha value is -0.760. The first kappa shape index (κ1) is 13.2. The summed E-state index contributed by atoms with van der Waals surface area (Å²) in [6.07, 6.45) is 7.59. The second-order valence-electron chi connectivity index (χ2n) is 3.13. The molecule has 0 radical (unpaired) electrons. The largest absolute Gasteiger partial charge is 0.481 e. The van der Waals surface area contributed by atoms with Crippen molar-refractivity contribution in [2.45, 2.75) is 39.0 Å². The molecule has 0 amide bonds. The van der Waals surface area contributed by atoms with E-state index in [1.807, 2.05) is 12.2 Å². The summed E-state index contributed by atoms with van der Waals surface area (Å²) in [5.74, 6) is -0.753. The van der Waals surface area contributed by atoms with Crippen molar-refractivity contribution in [2.24, 2.45) is 0 Å². The minimum atomic E-state index is -0.753. The van der Waals surface area contributed by atoms with Crippen LogP contribution < -0.4 is 0 Å². The van der Waals surface area contributed by atoms with Gasteiger partial charge in [0.2, 0.25) is 0 Å². The highest BCUT2D eigenvalue weighted by atomic mass is 35.5. The Morgan fingerprint density at radius 2 is 2.07 bits per heavy atom. The maximum absolute atomic E-state index is 10.2. The van der Waals surface area contributed by atoms with Gasteiger partial charge in [0.25, 0.3) is 0 Å². The summed E-state index contributed by atoms with van der Waals surface area (Å²) in [4.78, 5) is 10.2. The van der Waals surface area contributed by atoms with Crippen LogP contribution in [0.1, 0.15) is 39.0 Å². The van der Waals surface area contributed by atoms with Gasteiger partial charge in [-0.2, -0.15) is 0 Å². The molecule has 0 heterocycles. The Morgan fingerprint density at radius 3 is 2.57 bits per heavy atom. The van der Waals surface area contributed by atoms with Crippen LogP contribution in [-0.4, -0.2) is 11.1 Å². The van der Waals surface area contributed by atoms with Gasteiger partial charge in [0, 0.05) is 12.0 Å². The molecule has 0 fully saturated rings. The normalized spacial score (nSPS) is 12.3. The van der Waals surface area contributed by atoms with Gasteiger partial charge in [-0.1, -0.05) is 42.7 Å². The van der Waals surface area contributed by atoms with Gasteiger partial charge in [0.1, 0.15) is 0 Å². The first-order valence-electron chi connectivity index (χ1n) is 4.85. The Labute approximate surface area is 90.3 Å². The zero-order valence-corrected chi connectivity index (χ0v) is 9.26. The van der Waals surface area contributed by atoms with Crippen molar-refractivity contribution in [1.29, 1.82) is 0 Å². The summed E-state index contributed by atoms with van der Waals surface area (Å²) in [7, 11) is 0. The highest BCUT2D eigenvalue weighted by Crippen LogP contribution is 2.11. The fraction of sp³-hybridized carbons (Fsp3) is 0.545. The number of hydrogen-bond acceptors (Lipinski definition) is 1. The van der Waals surface area contributed by atoms with E-state index in [1.165, 1.54) is 5.57 Å². The Morgan fingerprint density at radius 1 is 1.36 bits per heavy atom. The lowest BCUT2D eigenvalue weighted by Crippen LogP contribution is -1.91. The van der Waals surface area contributed by atoms with Crippen LogP contribution >= 0.6 is 11.6 Å². The average molecular weight is 217 g/mol. The number of halogens is 1. The average Bonchev–Trinajstić information content (AvgIpc) is 2.15.